The molecule has 0 unspecified atom stereocenters. The minimum atomic E-state index is -3.65. The van der Waals surface area contributed by atoms with Gasteiger partial charge in [-0.1, -0.05) is 36.4 Å². The van der Waals surface area contributed by atoms with Crippen LogP contribution in [0, 0.1) is 0 Å². The van der Waals surface area contributed by atoms with Gasteiger partial charge in [-0.15, -0.1) is 6.58 Å². The molecule has 0 fully saturated rings. The molecule has 0 spiro atoms. The Morgan fingerprint density at radius 3 is 2.24 bits per heavy atom. The Bertz CT molecular complexity index is 858. The van der Waals surface area contributed by atoms with Crippen molar-refractivity contribution in [3.8, 4) is 0 Å². The number of hydrogen-bond acceptors (Lipinski definition) is 5. The minimum absolute atomic E-state index is 0.0197. The summed E-state index contributed by atoms with van der Waals surface area (Å²) < 4.78 is 31.1. The van der Waals surface area contributed by atoms with Crippen molar-refractivity contribution in [1.82, 2.24) is 4.72 Å². The van der Waals surface area contributed by atoms with Crippen molar-refractivity contribution in [3.05, 3.63) is 78.4 Å². The van der Waals surface area contributed by atoms with Gasteiger partial charge in [0.1, 0.15) is 0 Å². The molecule has 0 saturated heterocycles. The molecule has 0 amide bonds. The third kappa shape index (κ3) is 5.10. The smallest absolute Gasteiger partial charge is 0.338 e. The molecule has 0 radical (unpaired) electrons. The van der Waals surface area contributed by atoms with Gasteiger partial charge in [0.05, 0.1) is 10.5 Å². The SMILES string of the molecule is C=CCNS(=O)(=O)c1ccc(C(=O)OCC(=O)c2ccccc2)cc1. The molecule has 2 aromatic rings. The largest absolute Gasteiger partial charge is 0.454 e. The molecular weight excluding hydrogens is 342 g/mol. The van der Waals surface area contributed by atoms with Crippen molar-refractivity contribution in [2.75, 3.05) is 13.2 Å². The van der Waals surface area contributed by atoms with Gasteiger partial charge in [-0.2, -0.15) is 0 Å². The maximum atomic E-state index is 12.0. The average molecular weight is 359 g/mol. The van der Waals surface area contributed by atoms with E-state index in [9.17, 15) is 18.0 Å². The molecule has 6 nitrogen and oxygen atoms in total. The van der Waals surface area contributed by atoms with E-state index in [0.717, 1.165) is 0 Å². The van der Waals surface area contributed by atoms with Gasteiger partial charge in [-0.05, 0) is 24.3 Å². The Kier molecular flexibility index (Phi) is 6.21. The van der Waals surface area contributed by atoms with E-state index in [-0.39, 0.29) is 29.4 Å². The first kappa shape index (κ1) is 18.6. The molecular formula is C18H17NO5S. The summed E-state index contributed by atoms with van der Waals surface area (Å²) in [4.78, 5) is 23.9. The summed E-state index contributed by atoms with van der Waals surface area (Å²) in [6.45, 7) is 3.16. The Morgan fingerprint density at radius 2 is 1.64 bits per heavy atom. The fraction of sp³-hybridized carbons (Fsp3) is 0.111. The van der Waals surface area contributed by atoms with E-state index in [1.54, 1.807) is 30.3 Å². The van der Waals surface area contributed by atoms with E-state index in [4.69, 9.17) is 4.74 Å². The topological polar surface area (TPSA) is 89.5 Å². The van der Waals surface area contributed by atoms with E-state index in [1.807, 2.05) is 0 Å². The van der Waals surface area contributed by atoms with Gasteiger partial charge in [0.2, 0.25) is 10.0 Å². The van der Waals surface area contributed by atoms with Gasteiger partial charge in [-0.3, -0.25) is 4.79 Å². The van der Waals surface area contributed by atoms with Crippen molar-refractivity contribution >= 4 is 21.8 Å². The molecule has 1 N–H and O–H groups in total. The molecule has 0 aliphatic rings. The molecule has 0 heterocycles. The highest BCUT2D eigenvalue weighted by Crippen LogP contribution is 2.11. The molecule has 2 aromatic carbocycles. The number of rotatable bonds is 8. The molecule has 130 valence electrons. The normalized spacial score (nSPS) is 10.9. The summed E-state index contributed by atoms with van der Waals surface area (Å²) in [7, 11) is -3.65. The Morgan fingerprint density at radius 1 is 1.00 bits per heavy atom. The molecule has 0 aromatic heterocycles. The average Bonchev–Trinajstić information content (AvgIpc) is 2.65. The first-order valence-corrected chi connectivity index (χ1v) is 8.88. The number of Topliss-reactive ketones (excluding diaryl/α,β-unsaturated/α-hetero) is 1. The number of esters is 1. The number of sulfonamides is 1. The van der Waals surface area contributed by atoms with E-state index in [2.05, 4.69) is 11.3 Å². The minimum Gasteiger partial charge on any atom is -0.454 e. The van der Waals surface area contributed by atoms with Gasteiger partial charge >= 0.3 is 5.97 Å². The number of nitrogens with one attached hydrogen (secondary N) is 1. The number of ether oxygens (including phenoxy) is 1. The van der Waals surface area contributed by atoms with E-state index >= 15 is 0 Å². The second-order valence-electron chi connectivity index (χ2n) is 5.03. The van der Waals surface area contributed by atoms with Gasteiger partial charge < -0.3 is 4.74 Å². The van der Waals surface area contributed by atoms with Gasteiger partial charge in [-0.25, -0.2) is 17.9 Å². The highest BCUT2D eigenvalue weighted by atomic mass is 32.2. The molecule has 0 bridgehead atoms. The first-order chi connectivity index (χ1) is 11.9. The Hall–Kier alpha value is -2.77. The Balaban J connectivity index is 1.99. The number of carbonyl (C=O) groups is 2. The maximum absolute atomic E-state index is 12.0. The van der Waals surface area contributed by atoms with Crippen LogP contribution in [-0.2, 0) is 14.8 Å². The number of benzene rings is 2. The second-order valence-corrected chi connectivity index (χ2v) is 6.80. The van der Waals surface area contributed by atoms with Crippen LogP contribution in [0.2, 0.25) is 0 Å². The zero-order valence-corrected chi connectivity index (χ0v) is 14.2. The third-order valence-corrected chi connectivity index (χ3v) is 4.69. The van der Waals surface area contributed by atoms with Crippen molar-refractivity contribution in [2.24, 2.45) is 0 Å². The lowest BCUT2D eigenvalue weighted by Gasteiger charge is -2.07. The number of hydrogen-bond donors (Lipinski definition) is 1. The zero-order chi connectivity index (χ0) is 18.3. The molecule has 25 heavy (non-hydrogen) atoms. The molecule has 0 atom stereocenters. The van der Waals surface area contributed by atoms with E-state index in [1.165, 1.54) is 30.3 Å². The fourth-order valence-corrected chi connectivity index (χ4v) is 2.94. The predicted octanol–water partition coefficient (Wildman–Crippen LogP) is 2.19. The van der Waals surface area contributed by atoms with Gasteiger partial charge in [0, 0.05) is 12.1 Å². The van der Waals surface area contributed by atoms with Gasteiger partial charge in [0.15, 0.2) is 12.4 Å². The zero-order valence-electron chi connectivity index (χ0n) is 13.3. The maximum Gasteiger partial charge on any atom is 0.338 e. The van der Waals surface area contributed by atoms with Crippen LogP contribution in [0.25, 0.3) is 0 Å². The lowest BCUT2D eigenvalue weighted by molar-refractivity contribution is 0.0474. The second kappa shape index (κ2) is 8.36. The van der Waals surface area contributed by atoms with Crippen molar-refractivity contribution in [1.29, 1.82) is 0 Å². The summed E-state index contributed by atoms with van der Waals surface area (Å²) in [6.07, 6.45) is 1.42. The number of ketones is 1. The monoisotopic (exact) mass is 359 g/mol. The number of carbonyl (C=O) groups excluding carboxylic acids is 2. The van der Waals surface area contributed by atoms with Crippen LogP contribution in [0.5, 0.6) is 0 Å². The van der Waals surface area contributed by atoms with Crippen LogP contribution in [0.15, 0.2) is 72.1 Å². The van der Waals surface area contributed by atoms with Gasteiger partial charge in [0.25, 0.3) is 0 Å². The Labute approximate surface area is 146 Å². The van der Waals surface area contributed by atoms with Crippen molar-refractivity contribution < 1.29 is 22.7 Å². The first-order valence-electron chi connectivity index (χ1n) is 7.40. The van der Waals surface area contributed by atoms with Crippen LogP contribution < -0.4 is 4.72 Å². The summed E-state index contributed by atoms with van der Waals surface area (Å²) >= 11 is 0. The van der Waals surface area contributed by atoms with Crippen LogP contribution in [0.3, 0.4) is 0 Å². The van der Waals surface area contributed by atoms with Crippen molar-refractivity contribution in [3.63, 3.8) is 0 Å². The summed E-state index contributed by atoms with van der Waals surface area (Å²) in [6, 6.07) is 13.7. The molecule has 2 rings (SSSR count). The highest BCUT2D eigenvalue weighted by molar-refractivity contribution is 7.89. The third-order valence-electron chi connectivity index (χ3n) is 3.25. The van der Waals surface area contributed by atoms with Crippen molar-refractivity contribution in [2.45, 2.75) is 4.90 Å². The fourth-order valence-electron chi connectivity index (χ4n) is 1.94. The molecule has 7 heteroatoms. The predicted molar refractivity (Wildman–Crippen MR) is 92.9 cm³/mol. The van der Waals surface area contributed by atoms with Crippen LogP contribution in [0.4, 0.5) is 0 Å². The lowest BCUT2D eigenvalue weighted by atomic mass is 10.1. The standard InChI is InChI=1S/C18H17NO5S/c1-2-12-19-25(22,23)16-10-8-15(9-11-16)18(21)24-13-17(20)14-6-4-3-5-7-14/h2-11,19H,1,12-13H2. The summed E-state index contributed by atoms with van der Waals surface area (Å²) in [5, 5.41) is 0. The molecule has 0 aliphatic heterocycles. The van der Waals surface area contributed by atoms with Crippen LogP contribution in [-0.4, -0.2) is 33.3 Å². The molecule has 0 saturated carbocycles. The highest BCUT2D eigenvalue weighted by Gasteiger charge is 2.15. The van der Waals surface area contributed by atoms with E-state index in [0.29, 0.717) is 5.56 Å². The molecule has 0 aliphatic carbocycles. The quantitative estimate of drug-likeness (QED) is 0.443. The summed E-state index contributed by atoms with van der Waals surface area (Å²) in [5.41, 5.74) is 0.605. The van der Waals surface area contributed by atoms with Crippen LogP contribution >= 0.6 is 0 Å². The van der Waals surface area contributed by atoms with E-state index < -0.39 is 16.0 Å². The van der Waals surface area contributed by atoms with Crippen LogP contribution in [0.1, 0.15) is 20.7 Å². The summed E-state index contributed by atoms with van der Waals surface area (Å²) in [5.74, 6) is -1.02. The lowest BCUT2D eigenvalue weighted by Crippen LogP contribution is -2.23.